The molecule has 26 heavy (non-hydrogen) atoms. The average Bonchev–Trinajstić information content (AvgIpc) is 2.84. The molecular formula is C21H33N3O2. The Hall–Kier alpha value is -1.91. The van der Waals surface area contributed by atoms with Crippen molar-refractivity contribution in [1.82, 2.24) is 14.8 Å². The first-order valence-corrected chi connectivity index (χ1v) is 9.45. The molecule has 1 aromatic heterocycles. The van der Waals surface area contributed by atoms with E-state index >= 15 is 0 Å². The van der Waals surface area contributed by atoms with Crippen LogP contribution in [0.5, 0.6) is 0 Å². The fourth-order valence-corrected chi connectivity index (χ4v) is 4.12. The number of hydrogen-bond acceptors (Lipinski definition) is 3. The van der Waals surface area contributed by atoms with Crippen molar-refractivity contribution in [2.24, 2.45) is 16.7 Å². The van der Waals surface area contributed by atoms with Crippen LogP contribution in [0.15, 0.2) is 18.3 Å². The molecular weight excluding hydrogens is 326 g/mol. The molecule has 2 atom stereocenters. The largest absolute Gasteiger partial charge is 0.349 e. The predicted molar refractivity (Wildman–Crippen MR) is 103 cm³/mol. The van der Waals surface area contributed by atoms with Crippen LogP contribution >= 0.6 is 0 Å². The van der Waals surface area contributed by atoms with E-state index in [1.807, 2.05) is 26.2 Å². The van der Waals surface area contributed by atoms with Crippen molar-refractivity contribution in [2.45, 2.75) is 53.5 Å². The molecule has 1 aromatic rings. The smallest absolute Gasteiger partial charge is 0.229 e. The summed E-state index contributed by atoms with van der Waals surface area (Å²) in [6.07, 6.45) is 4.31. The average molecular weight is 360 g/mol. The van der Waals surface area contributed by atoms with Gasteiger partial charge in [-0.25, -0.2) is 0 Å². The van der Waals surface area contributed by atoms with Crippen LogP contribution in [-0.4, -0.2) is 47.7 Å². The molecule has 0 aromatic carbocycles. The summed E-state index contributed by atoms with van der Waals surface area (Å²) in [6.45, 7) is 8.72. The molecule has 1 fully saturated rings. The Morgan fingerprint density at radius 2 is 1.85 bits per heavy atom. The van der Waals surface area contributed by atoms with E-state index in [-0.39, 0.29) is 23.1 Å². The number of pyridine rings is 1. The van der Waals surface area contributed by atoms with Gasteiger partial charge in [-0.2, -0.15) is 0 Å². The molecule has 1 heterocycles. The highest BCUT2D eigenvalue weighted by Gasteiger charge is 2.58. The van der Waals surface area contributed by atoms with Crippen molar-refractivity contribution in [1.29, 1.82) is 0 Å². The second-order valence-corrected chi connectivity index (χ2v) is 8.55. The predicted octanol–water partition coefficient (Wildman–Crippen LogP) is 3.13. The van der Waals surface area contributed by atoms with Gasteiger partial charge in [0.2, 0.25) is 11.8 Å². The highest BCUT2D eigenvalue weighted by atomic mass is 16.2. The third-order valence-corrected chi connectivity index (χ3v) is 6.48. The number of nitrogens with zero attached hydrogens (tertiary/aromatic N) is 3. The first-order chi connectivity index (χ1) is 12.0. The third kappa shape index (κ3) is 3.49. The minimum Gasteiger partial charge on any atom is -0.349 e. The van der Waals surface area contributed by atoms with Crippen LogP contribution in [0.1, 0.15) is 51.8 Å². The van der Waals surface area contributed by atoms with E-state index in [1.54, 1.807) is 23.9 Å². The summed E-state index contributed by atoms with van der Waals surface area (Å²) in [5.41, 5.74) is 1.13. The van der Waals surface area contributed by atoms with Crippen molar-refractivity contribution in [3.63, 3.8) is 0 Å². The Bertz CT molecular complexity index is 666. The molecule has 0 aliphatic heterocycles. The quantitative estimate of drug-likeness (QED) is 0.811. The van der Waals surface area contributed by atoms with Crippen molar-refractivity contribution >= 4 is 11.8 Å². The molecule has 1 aliphatic carbocycles. The lowest BCUT2D eigenvalue weighted by Gasteiger charge is -2.42. The highest BCUT2D eigenvalue weighted by molar-refractivity contribution is 5.87. The third-order valence-electron chi connectivity index (χ3n) is 6.48. The van der Waals surface area contributed by atoms with Crippen LogP contribution in [0.25, 0.3) is 0 Å². The lowest BCUT2D eigenvalue weighted by Crippen LogP contribution is -2.49. The fraction of sp³-hybridized carbons (Fsp3) is 0.667. The topological polar surface area (TPSA) is 53.5 Å². The molecule has 0 N–H and O–H groups in total. The number of carbonyl (C=O) groups is 2. The first kappa shape index (κ1) is 20.4. The Kier molecular flexibility index (Phi) is 5.79. The number of aryl methyl sites for hydroxylation is 1. The van der Waals surface area contributed by atoms with Crippen molar-refractivity contribution in [2.75, 3.05) is 21.1 Å². The molecule has 5 nitrogen and oxygen atoms in total. The van der Waals surface area contributed by atoms with E-state index in [0.717, 1.165) is 25.0 Å². The highest BCUT2D eigenvalue weighted by Crippen LogP contribution is 2.57. The van der Waals surface area contributed by atoms with Crippen LogP contribution < -0.4 is 0 Å². The van der Waals surface area contributed by atoms with E-state index in [9.17, 15) is 9.59 Å². The fourth-order valence-electron chi connectivity index (χ4n) is 4.12. The van der Waals surface area contributed by atoms with Crippen molar-refractivity contribution < 1.29 is 9.59 Å². The van der Waals surface area contributed by atoms with Gasteiger partial charge in [0.1, 0.15) is 0 Å². The van der Waals surface area contributed by atoms with E-state index in [2.05, 4.69) is 31.8 Å². The van der Waals surface area contributed by atoms with Gasteiger partial charge in [0.15, 0.2) is 0 Å². The van der Waals surface area contributed by atoms with E-state index < -0.39 is 5.41 Å². The molecule has 0 bridgehead atoms. The van der Waals surface area contributed by atoms with Gasteiger partial charge < -0.3 is 9.80 Å². The van der Waals surface area contributed by atoms with Gasteiger partial charge in [0, 0.05) is 33.3 Å². The van der Waals surface area contributed by atoms with Gasteiger partial charge in [0.05, 0.1) is 17.7 Å². The molecule has 0 radical (unpaired) electrons. The van der Waals surface area contributed by atoms with Crippen LogP contribution in [0.3, 0.4) is 0 Å². The molecule has 0 saturated heterocycles. The maximum absolute atomic E-state index is 13.3. The molecule has 5 heteroatoms. The number of rotatable bonds is 5. The molecule has 1 aliphatic rings. The molecule has 2 rings (SSSR count). The van der Waals surface area contributed by atoms with Gasteiger partial charge in [-0.15, -0.1) is 0 Å². The van der Waals surface area contributed by atoms with Crippen molar-refractivity contribution in [3.8, 4) is 0 Å². The van der Waals surface area contributed by atoms with Gasteiger partial charge in [0.25, 0.3) is 0 Å². The first-order valence-electron chi connectivity index (χ1n) is 9.45. The van der Waals surface area contributed by atoms with Crippen LogP contribution in [0, 0.1) is 16.7 Å². The summed E-state index contributed by atoms with van der Waals surface area (Å²) in [5, 5.41) is 0. The molecule has 144 valence electrons. The minimum absolute atomic E-state index is 0.0953. The number of aromatic nitrogens is 1. The molecule has 2 amide bonds. The maximum atomic E-state index is 13.3. The molecule has 0 unspecified atom stereocenters. The van der Waals surface area contributed by atoms with E-state index in [0.29, 0.717) is 6.54 Å². The summed E-state index contributed by atoms with van der Waals surface area (Å²) < 4.78 is 0. The summed E-state index contributed by atoms with van der Waals surface area (Å²) in [4.78, 5) is 33.8. The summed E-state index contributed by atoms with van der Waals surface area (Å²) in [7, 11) is 5.40. The van der Waals surface area contributed by atoms with E-state index in [4.69, 9.17) is 0 Å². The Morgan fingerprint density at radius 3 is 2.35 bits per heavy atom. The number of carbonyl (C=O) groups excluding carboxylic acids is 2. The number of hydrogen-bond donors (Lipinski definition) is 0. The Morgan fingerprint density at radius 1 is 1.19 bits per heavy atom. The van der Waals surface area contributed by atoms with Gasteiger partial charge >= 0.3 is 0 Å². The van der Waals surface area contributed by atoms with Gasteiger partial charge in [-0.3, -0.25) is 14.6 Å². The van der Waals surface area contributed by atoms with Crippen LogP contribution in [0.2, 0.25) is 0 Å². The normalized spacial score (nSPS) is 24.3. The van der Waals surface area contributed by atoms with Crippen molar-refractivity contribution in [3.05, 3.63) is 29.6 Å². The zero-order valence-corrected chi connectivity index (χ0v) is 17.3. The lowest BCUT2D eigenvalue weighted by atomic mass is 9.64. The monoisotopic (exact) mass is 359 g/mol. The lowest BCUT2D eigenvalue weighted by molar-refractivity contribution is -0.149. The van der Waals surface area contributed by atoms with Gasteiger partial charge in [-0.1, -0.05) is 33.8 Å². The van der Waals surface area contributed by atoms with Crippen LogP contribution in [-0.2, 0) is 22.6 Å². The maximum Gasteiger partial charge on any atom is 0.229 e. The Balaban J connectivity index is 2.17. The SMILES string of the molecule is CCc1ccc(CN(C)C(=O)[C@@]2(C)CC[C@@H](C(=O)N(C)C)C2(C)C)nc1. The summed E-state index contributed by atoms with van der Waals surface area (Å²) in [6, 6.07) is 4.05. The molecule has 0 spiro atoms. The van der Waals surface area contributed by atoms with E-state index in [1.165, 1.54) is 5.56 Å². The summed E-state index contributed by atoms with van der Waals surface area (Å²) in [5.74, 6) is 0.0886. The summed E-state index contributed by atoms with van der Waals surface area (Å²) >= 11 is 0. The minimum atomic E-state index is -0.554. The number of amides is 2. The Labute approximate surface area is 157 Å². The zero-order chi connectivity index (χ0) is 19.7. The van der Waals surface area contributed by atoms with Crippen LogP contribution in [0.4, 0.5) is 0 Å². The molecule has 1 saturated carbocycles. The van der Waals surface area contributed by atoms with Gasteiger partial charge in [-0.05, 0) is 36.3 Å². The second-order valence-electron chi connectivity index (χ2n) is 8.55. The second kappa shape index (κ2) is 7.37. The zero-order valence-electron chi connectivity index (χ0n) is 17.3. The standard InChI is InChI=1S/C21H33N3O2/c1-8-15-9-10-16(22-13-15)14-24(7)19(26)21(4)12-11-17(20(21,2)3)18(25)23(5)6/h9-10,13,17H,8,11-12,14H2,1-7H3/t17-,21+/m0/s1.